The van der Waals surface area contributed by atoms with Gasteiger partial charge >= 0.3 is 6.03 Å². The van der Waals surface area contributed by atoms with Gasteiger partial charge in [0.15, 0.2) is 9.84 Å². The van der Waals surface area contributed by atoms with Crippen LogP contribution < -0.4 is 21.7 Å². The average molecular weight is 668 g/mol. The lowest BCUT2D eigenvalue weighted by atomic mass is 9.80. The Labute approximate surface area is 275 Å². The van der Waals surface area contributed by atoms with Crippen LogP contribution in [0.25, 0.3) is 0 Å². The second-order valence-electron chi connectivity index (χ2n) is 16.8. The van der Waals surface area contributed by atoms with E-state index in [1.54, 1.807) is 20.8 Å². The van der Waals surface area contributed by atoms with Crippen molar-refractivity contribution >= 4 is 39.4 Å². The first-order chi connectivity index (χ1) is 20.9. The molecule has 2 saturated carbocycles. The van der Waals surface area contributed by atoms with Crippen LogP contribution >= 0.6 is 0 Å². The second-order valence-corrected chi connectivity index (χ2v) is 19.6. The van der Waals surface area contributed by atoms with Crippen molar-refractivity contribution in [1.29, 1.82) is 0 Å². The lowest BCUT2D eigenvalue weighted by molar-refractivity contribution is -0.145. The molecular formula is C33H57N5O7S. The number of rotatable bonds is 13. The van der Waals surface area contributed by atoms with Gasteiger partial charge in [0.2, 0.25) is 17.6 Å². The molecular weight excluding hydrogens is 610 g/mol. The number of nitrogens with one attached hydrogen (secondary N) is 3. The van der Waals surface area contributed by atoms with Crippen LogP contribution in [-0.4, -0.2) is 84.1 Å². The summed E-state index contributed by atoms with van der Waals surface area (Å²) in [5.41, 5.74) is 4.35. The quantitative estimate of drug-likeness (QED) is 0.218. The summed E-state index contributed by atoms with van der Waals surface area (Å²) in [7, 11) is -3.55. The number of urea groups is 1. The van der Waals surface area contributed by atoms with Crippen molar-refractivity contribution in [1.82, 2.24) is 20.9 Å². The third-order valence-corrected chi connectivity index (χ3v) is 13.0. The van der Waals surface area contributed by atoms with Gasteiger partial charge in [-0.05, 0) is 68.1 Å². The number of carbonyl (C=O) groups excluding carboxylic acids is 5. The largest absolute Gasteiger partial charge is 0.363 e. The Bertz CT molecular complexity index is 1310. The highest BCUT2D eigenvalue weighted by molar-refractivity contribution is 7.92. The number of fused-ring (bicyclic) bond motifs is 1. The Hall–Kier alpha value is -2.70. The van der Waals surface area contributed by atoms with Crippen LogP contribution in [0.15, 0.2) is 0 Å². The van der Waals surface area contributed by atoms with Crippen molar-refractivity contribution in [3.05, 3.63) is 0 Å². The van der Waals surface area contributed by atoms with Gasteiger partial charge in [-0.15, -0.1) is 0 Å². The third-order valence-electron chi connectivity index (χ3n) is 10.3. The predicted molar refractivity (Wildman–Crippen MR) is 176 cm³/mol. The van der Waals surface area contributed by atoms with E-state index in [9.17, 15) is 32.4 Å². The number of nitrogens with two attached hydrogens (primary N) is 1. The molecule has 0 bridgehead atoms. The molecule has 0 aromatic heterocycles. The van der Waals surface area contributed by atoms with E-state index in [0.29, 0.717) is 19.4 Å². The molecule has 46 heavy (non-hydrogen) atoms. The van der Waals surface area contributed by atoms with Crippen molar-refractivity contribution in [3.63, 3.8) is 0 Å². The molecule has 5 N–H and O–H groups in total. The molecule has 2 unspecified atom stereocenters. The fourth-order valence-electron chi connectivity index (χ4n) is 6.96. The molecule has 0 spiro atoms. The Morgan fingerprint density at radius 1 is 0.957 bits per heavy atom. The minimum atomic E-state index is -3.55. The van der Waals surface area contributed by atoms with Crippen molar-refractivity contribution < 1.29 is 32.4 Å². The van der Waals surface area contributed by atoms with Gasteiger partial charge in [0.05, 0.1) is 16.5 Å². The van der Waals surface area contributed by atoms with Gasteiger partial charge in [-0.25, -0.2) is 13.2 Å². The van der Waals surface area contributed by atoms with Crippen molar-refractivity contribution in [2.45, 2.75) is 130 Å². The van der Waals surface area contributed by atoms with Crippen molar-refractivity contribution in [3.8, 4) is 0 Å². The monoisotopic (exact) mass is 667 g/mol. The number of nitrogens with zero attached hydrogens (tertiary/aromatic N) is 1. The first-order valence-electron chi connectivity index (χ1n) is 16.6. The standard InChI is InChI=1S/C33H57N5O7S/c1-18(2)14-20(17-46(44,45)32(6,7)8)35-30(43)37-26(31(3,4)5)29(42)38-16-21-23(33(21,9)10)24(38)28(41)36-22(25(39)27(34)40)15-19-12-11-13-19/h18-24,26H,11-17H2,1-10H3,(H2,34,40)(H,36,41)(H2,35,37,43)/t20-,21?,22?,23-,24-,26+/m0/s1. The van der Waals surface area contributed by atoms with E-state index in [2.05, 4.69) is 16.0 Å². The van der Waals surface area contributed by atoms with Crippen LogP contribution in [-0.2, 0) is 29.0 Å². The Morgan fingerprint density at radius 3 is 2.00 bits per heavy atom. The summed E-state index contributed by atoms with van der Waals surface area (Å²) < 4.78 is 25.0. The van der Waals surface area contributed by atoms with Crippen LogP contribution in [0.2, 0.25) is 0 Å². The predicted octanol–water partition coefficient (Wildman–Crippen LogP) is 2.54. The fraction of sp³-hybridized carbons (Fsp3) is 0.848. The number of Topliss-reactive ketones (excluding diaryl/α,β-unsaturated/α-hetero) is 1. The smallest absolute Gasteiger partial charge is 0.315 e. The summed E-state index contributed by atoms with van der Waals surface area (Å²) in [6.07, 6.45) is 3.59. The molecule has 13 heteroatoms. The summed E-state index contributed by atoms with van der Waals surface area (Å²) >= 11 is 0. The van der Waals surface area contributed by atoms with Gasteiger partial charge < -0.3 is 26.6 Å². The highest BCUT2D eigenvalue weighted by atomic mass is 32.2. The average Bonchev–Trinajstić information content (AvgIpc) is 3.18. The fourth-order valence-corrected chi connectivity index (χ4v) is 8.21. The van der Waals surface area contributed by atoms with Crippen LogP contribution in [0, 0.1) is 34.5 Å². The zero-order valence-electron chi connectivity index (χ0n) is 29.4. The summed E-state index contributed by atoms with van der Waals surface area (Å²) in [5, 5.41) is 8.39. The van der Waals surface area contributed by atoms with E-state index in [1.807, 2.05) is 48.5 Å². The number of piperidine rings is 1. The minimum Gasteiger partial charge on any atom is -0.363 e. The lowest BCUT2D eigenvalue weighted by Gasteiger charge is -2.38. The van der Waals surface area contributed by atoms with Gasteiger partial charge in [-0.3, -0.25) is 19.2 Å². The van der Waals surface area contributed by atoms with Crippen molar-refractivity contribution in [2.24, 2.45) is 40.2 Å². The van der Waals surface area contributed by atoms with Crippen LogP contribution in [0.4, 0.5) is 4.79 Å². The molecule has 1 saturated heterocycles. The molecule has 3 fully saturated rings. The number of sulfone groups is 1. The van der Waals surface area contributed by atoms with Crippen LogP contribution in [0.3, 0.4) is 0 Å². The molecule has 1 heterocycles. The first kappa shape index (κ1) is 37.8. The Morgan fingerprint density at radius 2 is 1.54 bits per heavy atom. The number of amides is 5. The molecule has 2 aliphatic carbocycles. The minimum absolute atomic E-state index is 0.0524. The number of likely N-dealkylation sites (tertiary alicyclic amines) is 1. The molecule has 0 aromatic rings. The maximum absolute atomic E-state index is 14.3. The van der Waals surface area contributed by atoms with Crippen LogP contribution in [0.5, 0.6) is 0 Å². The molecule has 262 valence electrons. The third kappa shape index (κ3) is 8.41. The molecule has 5 amide bonds. The maximum atomic E-state index is 14.3. The van der Waals surface area contributed by atoms with Gasteiger partial charge in [-0.2, -0.15) is 0 Å². The molecule has 12 nitrogen and oxygen atoms in total. The SMILES string of the molecule is CC(C)C[C@@H](CS(=O)(=O)C(C)(C)C)NC(=O)N[C@H](C(=O)N1CC2[C@@H]([C@H]1C(=O)NC(CC1CCC1)C(=O)C(N)=O)C2(C)C)C(C)(C)C. The number of hydrogen-bond acceptors (Lipinski definition) is 7. The normalized spacial score (nSPS) is 24.7. The van der Waals surface area contributed by atoms with Gasteiger partial charge in [-0.1, -0.05) is 67.7 Å². The Kier molecular flexibility index (Phi) is 11.0. The highest BCUT2D eigenvalue weighted by Crippen LogP contribution is 2.65. The first-order valence-corrected chi connectivity index (χ1v) is 18.3. The summed E-state index contributed by atoms with van der Waals surface area (Å²) in [6, 6.07) is -4.33. The van der Waals surface area contributed by atoms with E-state index in [0.717, 1.165) is 19.3 Å². The number of primary amides is 1. The highest BCUT2D eigenvalue weighted by Gasteiger charge is 2.70. The molecule has 6 atom stereocenters. The summed E-state index contributed by atoms with van der Waals surface area (Å²) in [6.45, 7) is 18.6. The van der Waals surface area contributed by atoms with Gasteiger partial charge in [0.25, 0.3) is 5.91 Å². The molecule has 0 aromatic carbocycles. The van der Waals surface area contributed by atoms with E-state index in [-0.39, 0.29) is 34.8 Å². The molecule has 3 aliphatic rings. The van der Waals surface area contributed by atoms with E-state index >= 15 is 0 Å². The lowest BCUT2D eigenvalue weighted by Crippen LogP contribution is -2.62. The molecule has 3 rings (SSSR count). The van der Waals surface area contributed by atoms with Crippen LogP contribution in [0.1, 0.15) is 101 Å². The van der Waals surface area contributed by atoms with E-state index < -0.39 is 73.7 Å². The summed E-state index contributed by atoms with van der Waals surface area (Å²) in [5.74, 6) is -2.93. The van der Waals surface area contributed by atoms with Gasteiger partial charge in [0, 0.05) is 12.6 Å². The number of ketones is 1. The molecule has 1 aliphatic heterocycles. The molecule has 0 radical (unpaired) electrons. The zero-order valence-corrected chi connectivity index (χ0v) is 30.2. The van der Waals surface area contributed by atoms with Gasteiger partial charge in [0.1, 0.15) is 12.1 Å². The summed E-state index contributed by atoms with van der Waals surface area (Å²) in [4.78, 5) is 67.6. The topological polar surface area (TPSA) is 185 Å². The van der Waals surface area contributed by atoms with E-state index in [1.165, 1.54) is 4.90 Å². The second kappa shape index (κ2) is 13.4. The zero-order chi connectivity index (χ0) is 35.2. The Balaban J connectivity index is 1.83. The number of hydrogen-bond donors (Lipinski definition) is 4. The van der Waals surface area contributed by atoms with E-state index in [4.69, 9.17) is 5.73 Å². The van der Waals surface area contributed by atoms with Crippen molar-refractivity contribution in [2.75, 3.05) is 12.3 Å². The number of carbonyl (C=O) groups is 5. The maximum Gasteiger partial charge on any atom is 0.315 e.